The van der Waals surface area contributed by atoms with Crippen molar-refractivity contribution in [1.29, 1.82) is 0 Å². The molecule has 0 spiro atoms. The number of carbonyl (C=O) groups is 2. The maximum absolute atomic E-state index is 11.5. The van der Waals surface area contributed by atoms with Crippen molar-refractivity contribution in [3.05, 3.63) is 29.3 Å². The molecule has 1 rings (SSSR count). The first-order valence-electron chi connectivity index (χ1n) is 5.67. The molecule has 0 atom stereocenters. The van der Waals surface area contributed by atoms with Crippen LogP contribution >= 0.6 is 11.6 Å². The van der Waals surface area contributed by atoms with E-state index in [1.165, 1.54) is 0 Å². The molecule has 0 heterocycles. The average molecular weight is 270 g/mol. The molecule has 0 aliphatic rings. The van der Waals surface area contributed by atoms with Crippen LogP contribution in [0, 0.1) is 0 Å². The Morgan fingerprint density at radius 1 is 1.22 bits per heavy atom. The van der Waals surface area contributed by atoms with Gasteiger partial charge in [0.2, 0.25) is 5.91 Å². The number of urea groups is 1. The number of nitrogens with one attached hydrogen (secondary N) is 2. The van der Waals surface area contributed by atoms with Crippen LogP contribution in [0.4, 0.5) is 10.5 Å². The van der Waals surface area contributed by atoms with Gasteiger partial charge in [0.05, 0.1) is 10.7 Å². The largest absolute Gasteiger partial charge is 0.370 e. The zero-order valence-electron chi connectivity index (χ0n) is 9.91. The van der Waals surface area contributed by atoms with E-state index in [0.29, 0.717) is 36.5 Å². The summed E-state index contributed by atoms with van der Waals surface area (Å²) in [6.07, 6.45) is 1.72. The first kappa shape index (κ1) is 14.3. The number of para-hydroxylation sites is 1. The van der Waals surface area contributed by atoms with Gasteiger partial charge in [-0.15, -0.1) is 0 Å². The highest BCUT2D eigenvalue weighted by molar-refractivity contribution is 6.33. The van der Waals surface area contributed by atoms with Gasteiger partial charge in [0.1, 0.15) is 0 Å². The second-order valence-corrected chi connectivity index (χ2v) is 4.19. The lowest BCUT2D eigenvalue weighted by Crippen LogP contribution is -2.29. The summed E-state index contributed by atoms with van der Waals surface area (Å²) in [6.45, 7) is 0.490. The number of halogens is 1. The van der Waals surface area contributed by atoms with Crippen LogP contribution < -0.4 is 16.4 Å². The van der Waals surface area contributed by atoms with Crippen LogP contribution in [0.3, 0.4) is 0 Å². The molecule has 0 bridgehead atoms. The standard InChI is InChI=1S/C12H16ClN3O2/c13-9-5-1-2-6-10(9)16-12(18)15-8-4-3-7-11(14)17/h1-2,5-6H,3-4,7-8H2,(H2,14,17)(H2,15,16,18). The summed E-state index contributed by atoms with van der Waals surface area (Å²) in [5, 5.41) is 5.79. The summed E-state index contributed by atoms with van der Waals surface area (Å²) < 4.78 is 0. The van der Waals surface area contributed by atoms with Crippen LogP contribution in [0.15, 0.2) is 24.3 Å². The van der Waals surface area contributed by atoms with Gasteiger partial charge in [-0.05, 0) is 25.0 Å². The minimum Gasteiger partial charge on any atom is -0.370 e. The molecule has 4 N–H and O–H groups in total. The van der Waals surface area contributed by atoms with Crippen molar-refractivity contribution in [3.63, 3.8) is 0 Å². The quantitative estimate of drug-likeness (QED) is 0.691. The zero-order valence-corrected chi connectivity index (χ0v) is 10.7. The molecule has 3 amide bonds. The molecule has 0 aliphatic carbocycles. The van der Waals surface area contributed by atoms with E-state index >= 15 is 0 Å². The molecular weight excluding hydrogens is 254 g/mol. The molecule has 0 radical (unpaired) electrons. The van der Waals surface area contributed by atoms with Crippen LogP contribution in [-0.2, 0) is 4.79 Å². The Labute approximate surface area is 111 Å². The Morgan fingerprint density at radius 2 is 1.94 bits per heavy atom. The molecule has 1 aromatic carbocycles. The second kappa shape index (κ2) is 7.55. The van der Waals surface area contributed by atoms with Gasteiger partial charge in [-0.3, -0.25) is 4.79 Å². The molecule has 0 saturated heterocycles. The maximum atomic E-state index is 11.5. The highest BCUT2D eigenvalue weighted by Crippen LogP contribution is 2.19. The molecular formula is C12H16ClN3O2. The van der Waals surface area contributed by atoms with Gasteiger partial charge >= 0.3 is 6.03 Å². The average Bonchev–Trinajstić information content (AvgIpc) is 2.31. The maximum Gasteiger partial charge on any atom is 0.319 e. The van der Waals surface area contributed by atoms with E-state index in [1.54, 1.807) is 24.3 Å². The lowest BCUT2D eigenvalue weighted by molar-refractivity contribution is -0.118. The van der Waals surface area contributed by atoms with E-state index in [-0.39, 0.29) is 11.9 Å². The minimum absolute atomic E-state index is 0.317. The molecule has 1 aromatic rings. The molecule has 0 aliphatic heterocycles. The van der Waals surface area contributed by atoms with Crippen molar-refractivity contribution in [2.24, 2.45) is 5.73 Å². The number of unbranched alkanes of at least 4 members (excludes halogenated alkanes) is 1. The molecule has 5 nitrogen and oxygen atoms in total. The van der Waals surface area contributed by atoms with E-state index in [2.05, 4.69) is 10.6 Å². The lowest BCUT2D eigenvalue weighted by Gasteiger charge is -2.08. The molecule has 0 unspecified atom stereocenters. The molecule has 0 saturated carbocycles. The van der Waals surface area contributed by atoms with Gasteiger partial charge in [0.25, 0.3) is 0 Å². The first-order valence-corrected chi connectivity index (χ1v) is 6.05. The van der Waals surface area contributed by atoms with Crippen molar-refractivity contribution in [2.45, 2.75) is 19.3 Å². The third kappa shape index (κ3) is 5.54. The number of nitrogens with two attached hydrogens (primary N) is 1. The fraction of sp³-hybridized carbons (Fsp3) is 0.333. The summed E-state index contributed by atoms with van der Waals surface area (Å²) in [6, 6.07) is 6.67. The molecule has 98 valence electrons. The van der Waals surface area contributed by atoms with E-state index in [9.17, 15) is 9.59 Å². The normalized spacial score (nSPS) is 9.83. The SMILES string of the molecule is NC(=O)CCCCNC(=O)Nc1ccccc1Cl. The topological polar surface area (TPSA) is 84.2 Å². The summed E-state index contributed by atoms with van der Waals surface area (Å²) in [5.74, 6) is -0.324. The van der Waals surface area contributed by atoms with E-state index in [4.69, 9.17) is 17.3 Å². The van der Waals surface area contributed by atoms with Gasteiger partial charge in [-0.2, -0.15) is 0 Å². The third-order valence-corrected chi connectivity index (χ3v) is 2.59. The van der Waals surface area contributed by atoms with Crippen LogP contribution in [0.1, 0.15) is 19.3 Å². The van der Waals surface area contributed by atoms with Crippen LogP contribution in [-0.4, -0.2) is 18.5 Å². The van der Waals surface area contributed by atoms with Crippen molar-refractivity contribution in [3.8, 4) is 0 Å². The van der Waals surface area contributed by atoms with Crippen LogP contribution in [0.5, 0.6) is 0 Å². The highest BCUT2D eigenvalue weighted by atomic mass is 35.5. The molecule has 18 heavy (non-hydrogen) atoms. The minimum atomic E-state index is -0.324. The highest BCUT2D eigenvalue weighted by Gasteiger charge is 2.03. The molecule has 6 heteroatoms. The second-order valence-electron chi connectivity index (χ2n) is 3.78. The summed E-state index contributed by atoms with van der Waals surface area (Å²) in [7, 11) is 0. The number of hydrogen-bond acceptors (Lipinski definition) is 2. The van der Waals surface area contributed by atoms with E-state index in [1.807, 2.05) is 0 Å². The molecule has 0 aromatic heterocycles. The summed E-state index contributed by atoms with van der Waals surface area (Å²) >= 11 is 5.89. The number of carbonyl (C=O) groups excluding carboxylic acids is 2. The number of hydrogen-bond donors (Lipinski definition) is 3. The first-order chi connectivity index (χ1) is 8.59. The van der Waals surface area contributed by atoms with Gasteiger partial charge in [0.15, 0.2) is 0 Å². The number of primary amides is 1. The molecule has 0 fully saturated rings. The Balaban J connectivity index is 2.22. The number of anilines is 1. The Hall–Kier alpha value is -1.75. The van der Waals surface area contributed by atoms with Crippen molar-refractivity contribution in [2.75, 3.05) is 11.9 Å². The van der Waals surface area contributed by atoms with Crippen molar-refractivity contribution < 1.29 is 9.59 Å². The van der Waals surface area contributed by atoms with Crippen LogP contribution in [0.2, 0.25) is 5.02 Å². The Kier molecular flexibility index (Phi) is 6.00. The van der Waals surface area contributed by atoms with Crippen molar-refractivity contribution >= 4 is 29.2 Å². The monoisotopic (exact) mass is 269 g/mol. The van der Waals surface area contributed by atoms with Gasteiger partial charge < -0.3 is 16.4 Å². The van der Waals surface area contributed by atoms with E-state index in [0.717, 1.165) is 0 Å². The Bertz CT molecular complexity index is 424. The third-order valence-electron chi connectivity index (χ3n) is 2.26. The predicted octanol–water partition coefficient (Wildman–Crippen LogP) is 2.12. The van der Waals surface area contributed by atoms with Gasteiger partial charge in [0, 0.05) is 13.0 Å². The fourth-order valence-electron chi connectivity index (χ4n) is 1.36. The zero-order chi connectivity index (χ0) is 13.4. The van der Waals surface area contributed by atoms with Crippen molar-refractivity contribution in [1.82, 2.24) is 5.32 Å². The number of amides is 3. The predicted molar refractivity (Wildman–Crippen MR) is 71.5 cm³/mol. The number of rotatable bonds is 6. The number of benzene rings is 1. The summed E-state index contributed by atoms with van der Waals surface area (Å²) in [4.78, 5) is 22.0. The van der Waals surface area contributed by atoms with Crippen LogP contribution in [0.25, 0.3) is 0 Å². The Morgan fingerprint density at radius 3 is 2.61 bits per heavy atom. The van der Waals surface area contributed by atoms with Gasteiger partial charge in [-0.25, -0.2) is 4.79 Å². The fourth-order valence-corrected chi connectivity index (χ4v) is 1.54. The van der Waals surface area contributed by atoms with Gasteiger partial charge in [-0.1, -0.05) is 23.7 Å². The van der Waals surface area contributed by atoms with E-state index < -0.39 is 0 Å². The summed E-state index contributed by atoms with van der Waals surface area (Å²) in [5.41, 5.74) is 5.56. The lowest BCUT2D eigenvalue weighted by atomic mass is 10.2. The smallest absolute Gasteiger partial charge is 0.319 e.